The van der Waals surface area contributed by atoms with Gasteiger partial charge in [0.15, 0.2) is 0 Å². The molecule has 0 spiro atoms. The summed E-state index contributed by atoms with van der Waals surface area (Å²) in [6, 6.07) is 0. The van der Waals surface area contributed by atoms with Gasteiger partial charge in [-0.2, -0.15) is 0 Å². The number of hydrogen-bond acceptors (Lipinski definition) is 3. The maximum atomic E-state index is 10.4. The Morgan fingerprint density at radius 1 is 1.40 bits per heavy atom. The van der Waals surface area contributed by atoms with Gasteiger partial charge in [-0.3, -0.25) is 9.59 Å². The number of esters is 1. The predicted molar refractivity (Wildman–Crippen MR) is 31.9 cm³/mol. The topological polar surface area (TPSA) is 43.4 Å². The van der Waals surface area contributed by atoms with Gasteiger partial charge in [-0.15, -0.1) is 0 Å². The van der Waals surface area contributed by atoms with E-state index in [9.17, 15) is 9.59 Å². The molecular weight excluding hydrogens is 228 g/mol. The summed E-state index contributed by atoms with van der Waals surface area (Å²) in [6.07, 6.45) is -0.103. The van der Waals surface area contributed by atoms with Crippen LogP contribution in [0, 0.1) is 0 Å². The molecule has 4 heteroatoms. The van der Waals surface area contributed by atoms with Crippen molar-refractivity contribution in [3.63, 3.8) is 0 Å². The Morgan fingerprint density at radius 3 is 2.20 bits per heavy atom. The number of Topliss-reactive ketones (excluding diaryl/α,β-unsaturated/α-hetero) is 1. The maximum Gasteiger partial charge on any atom is 0.313 e. The molecule has 0 aliphatic carbocycles. The van der Waals surface area contributed by atoms with Crippen LogP contribution in [0.25, 0.3) is 0 Å². The van der Waals surface area contributed by atoms with Gasteiger partial charge in [-0.25, -0.2) is 0 Å². The van der Waals surface area contributed by atoms with Crippen LogP contribution in [-0.4, -0.2) is 18.4 Å². The zero-order valence-electron chi connectivity index (χ0n) is 5.94. The summed E-state index contributed by atoms with van der Waals surface area (Å²) in [7, 11) is 0. The molecule has 63 valence electrons. The Kier molecular flexibility index (Phi) is 8.77. The molecule has 0 unspecified atom stereocenters. The molecule has 0 aromatic heterocycles. The van der Waals surface area contributed by atoms with Gasteiger partial charge in [-0.1, -0.05) is 0 Å². The van der Waals surface area contributed by atoms with Crippen LogP contribution >= 0.6 is 0 Å². The van der Waals surface area contributed by atoms with E-state index in [-0.39, 0.29) is 34.6 Å². The molecule has 0 aliphatic heterocycles. The van der Waals surface area contributed by atoms with Gasteiger partial charge in [-0.05, 0) is 13.8 Å². The molecule has 0 aromatic carbocycles. The summed E-state index contributed by atoms with van der Waals surface area (Å²) in [5.74, 6) is -0.599. The maximum absolute atomic E-state index is 10.4. The third kappa shape index (κ3) is 7.88. The van der Waals surface area contributed by atoms with Crippen molar-refractivity contribution in [3.8, 4) is 0 Å². The van der Waals surface area contributed by atoms with Crippen LogP contribution in [0.4, 0.5) is 0 Å². The van der Waals surface area contributed by atoms with Crippen molar-refractivity contribution in [2.75, 3.05) is 6.61 Å². The number of rotatable bonds is 3. The molecule has 3 nitrogen and oxygen atoms in total. The summed E-state index contributed by atoms with van der Waals surface area (Å²) in [5.41, 5.74) is 0. The zero-order valence-corrected chi connectivity index (χ0v) is 7.42. The van der Waals surface area contributed by atoms with Crippen molar-refractivity contribution in [3.05, 3.63) is 0 Å². The summed E-state index contributed by atoms with van der Waals surface area (Å²) in [4.78, 5) is 20.6. The van der Waals surface area contributed by atoms with E-state index in [1.165, 1.54) is 6.92 Å². The Hall–Kier alpha value is -0.120. The average molecular weight is 238 g/mol. The SMILES string of the molecule is CCOC(=O)CC(C)=O.[Ag]. The minimum Gasteiger partial charge on any atom is -0.466 e. The Morgan fingerprint density at radius 2 is 1.90 bits per heavy atom. The van der Waals surface area contributed by atoms with Crippen molar-refractivity contribution in [1.82, 2.24) is 0 Å². The number of carbonyl (C=O) groups excluding carboxylic acids is 2. The smallest absolute Gasteiger partial charge is 0.313 e. The van der Waals surface area contributed by atoms with Gasteiger partial charge in [0.05, 0.1) is 6.61 Å². The quantitative estimate of drug-likeness (QED) is 0.409. The van der Waals surface area contributed by atoms with Crippen LogP contribution < -0.4 is 0 Å². The van der Waals surface area contributed by atoms with E-state index in [2.05, 4.69) is 4.74 Å². The average Bonchev–Trinajstić information content (AvgIpc) is 1.63. The summed E-state index contributed by atoms with van der Waals surface area (Å²) in [5, 5.41) is 0. The molecule has 0 saturated carbocycles. The third-order valence-electron chi connectivity index (χ3n) is 0.699. The first-order chi connectivity index (χ1) is 4.16. The van der Waals surface area contributed by atoms with E-state index < -0.39 is 5.97 Å². The van der Waals surface area contributed by atoms with Gasteiger partial charge in [0.1, 0.15) is 12.2 Å². The Balaban J connectivity index is 0. The number of hydrogen-bond donors (Lipinski definition) is 0. The third-order valence-corrected chi connectivity index (χ3v) is 0.699. The standard InChI is InChI=1S/C6H10O3.Ag/c1-3-9-6(8)4-5(2)7;/h3-4H2,1-2H3;. The van der Waals surface area contributed by atoms with Crippen LogP contribution in [0.2, 0.25) is 0 Å². The monoisotopic (exact) mass is 237 g/mol. The Labute approximate surface area is 75.6 Å². The van der Waals surface area contributed by atoms with Gasteiger partial charge < -0.3 is 4.74 Å². The number of carbonyl (C=O) groups is 2. The molecule has 0 N–H and O–H groups in total. The molecule has 1 radical (unpaired) electrons. The van der Waals surface area contributed by atoms with Crippen LogP contribution in [-0.2, 0) is 36.7 Å². The van der Waals surface area contributed by atoms with Crippen molar-refractivity contribution >= 4 is 11.8 Å². The molecular formula is C6H10AgO3. The molecule has 0 saturated heterocycles. The fourth-order valence-electron chi connectivity index (χ4n) is 0.415. The molecule has 0 fully saturated rings. The van der Waals surface area contributed by atoms with Crippen molar-refractivity contribution in [1.29, 1.82) is 0 Å². The van der Waals surface area contributed by atoms with E-state index in [0.29, 0.717) is 6.61 Å². The summed E-state index contributed by atoms with van der Waals surface area (Å²) >= 11 is 0. The molecule has 0 atom stereocenters. The fourth-order valence-corrected chi connectivity index (χ4v) is 0.415. The van der Waals surface area contributed by atoms with Crippen molar-refractivity contribution in [2.24, 2.45) is 0 Å². The van der Waals surface area contributed by atoms with E-state index in [0.717, 1.165) is 0 Å². The zero-order chi connectivity index (χ0) is 7.28. The van der Waals surface area contributed by atoms with Crippen LogP contribution in [0.15, 0.2) is 0 Å². The second-order valence-electron chi connectivity index (χ2n) is 1.68. The van der Waals surface area contributed by atoms with E-state index >= 15 is 0 Å². The Bertz CT molecular complexity index is 122. The predicted octanol–water partition coefficient (Wildman–Crippen LogP) is 0.526. The number of ketones is 1. The molecule has 0 rings (SSSR count). The second-order valence-corrected chi connectivity index (χ2v) is 1.68. The summed E-state index contributed by atoms with van der Waals surface area (Å²) in [6.45, 7) is 3.40. The fraction of sp³-hybridized carbons (Fsp3) is 0.667. The molecule has 0 aromatic rings. The molecule has 10 heavy (non-hydrogen) atoms. The molecule has 0 amide bonds. The van der Waals surface area contributed by atoms with E-state index in [1.807, 2.05) is 0 Å². The van der Waals surface area contributed by atoms with Gasteiger partial charge in [0.25, 0.3) is 0 Å². The normalized spacial score (nSPS) is 7.80. The first-order valence-corrected chi connectivity index (χ1v) is 2.82. The van der Waals surface area contributed by atoms with Crippen molar-refractivity contribution in [2.45, 2.75) is 20.3 Å². The van der Waals surface area contributed by atoms with E-state index in [4.69, 9.17) is 0 Å². The first kappa shape index (κ1) is 12.5. The van der Waals surface area contributed by atoms with Gasteiger partial charge in [0.2, 0.25) is 0 Å². The number of ether oxygens (including phenoxy) is 1. The van der Waals surface area contributed by atoms with Crippen molar-refractivity contribution < 1.29 is 36.7 Å². The van der Waals surface area contributed by atoms with Gasteiger partial charge in [0, 0.05) is 22.4 Å². The van der Waals surface area contributed by atoms with E-state index in [1.54, 1.807) is 6.92 Å². The van der Waals surface area contributed by atoms with Crippen LogP contribution in [0.5, 0.6) is 0 Å². The van der Waals surface area contributed by atoms with Crippen LogP contribution in [0.3, 0.4) is 0 Å². The molecule has 0 heterocycles. The second kappa shape index (κ2) is 6.99. The summed E-state index contributed by atoms with van der Waals surface area (Å²) < 4.78 is 4.49. The van der Waals surface area contributed by atoms with Gasteiger partial charge >= 0.3 is 5.97 Å². The minimum absolute atomic E-state index is 0. The first-order valence-electron chi connectivity index (χ1n) is 2.82. The molecule has 0 bridgehead atoms. The molecule has 0 aliphatic rings. The largest absolute Gasteiger partial charge is 0.466 e. The minimum atomic E-state index is -0.440. The van der Waals surface area contributed by atoms with Crippen LogP contribution in [0.1, 0.15) is 20.3 Å².